The second-order valence-corrected chi connectivity index (χ2v) is 6.06. The molecule has 128 valence electrons. The van der Waals surface area contributed by atoms with Crippen LogP contribution in [0.4, 0.5) is 0 Å². The fourth-order valence-electron chi connectivity index (χ4n) is 3.03. The van der Waals surface area contributed by atoms with Crippen molar-refractivity contribution in [2.75, 3.05) is 13.7 Å². The number of esters is 1. The highest BCUT2D eigenvalue weighted by Gasteiger charge is 2.35. The molecule has 23 heavy (non-hydrogen) atoms. The summed E-state index contributed by atoms with van der Waals surface area (Å²) in [5, 5.41) is 14.1. The van der Waals surface area contributed by atoms with Crippen LogP contribution in [0, 0.1) is 13.8 Å². The standard InChI is InChI=1S/C16H25N3O4/c1-11-9-12(2)19(17-11)7-4-5-15(21)18-8-6-13(20)10-14(18)16(22)23-3/h9,13-14,20H,4-8,10H2,1-3H3/t13-,14+/m0/s1. The van der Waals surface area contributed by atoms with Gasteiger partial charge in [0.05, 0.1) is 18.9 Å². The van der Waals surface area contributed by atoms with Gasteiger partial charge in [-0.3, -0.25) is 9.48 Å². The largest absolute Gasteiger partial charge is 0.467 e. The van der Waals surface area contributed by atoms with E-state index in [1.807, 2.05) is 24.6 Å². The van der Waals surface area contributed by atoms with Gasteiger partial charge < -0.3 is 14.7 Å². The molecule has 1 saturated heterocycles. The van der Waals surface area contributed by atoms with Crippen LogP contribution in [0.1, 0.15) is 37.1 Å². The van der Waals surface area contributed by atoms with Crippen LogP contribution < -0.4 is 0 Å². The summed E-state index contributed by atoms with van der Waals surface area (Å²) in [6.45, 7) is 4.99. The number of amides is 1. The molecule has 7 nitrogen and oxygen atoms in total. The summed E-state index contributed by atoms with van der Waals surface area (Å²) in [6.07, 6.45) is 1.19. The third-order valence-corrected chi connectivity index (χ3v) is 4.23. The predicted octanol–water partition coefficient (Wildman–Crippen LogP) is 0.805. The van der Waals surface area contributed by atoms with E-state index in [-0.39, 0.29) is 12.3 Å². The van der Waals surface area contributed by atoms with Crippen LogP contribution in [0.2, 0.25) is 0 Å². The second kappa shape index (κ2) is 7.59. The van der Waals surface area contributed by atoms with Crippen molar-refractivity contribution < 1.29 is 19.4 Å². The number of aliphatic hydroxyl groups excluding tert-OH is 1. The van der Waals surface area contributed by atoms with Crippen LogP contribution in [-0.4, -0.2) is 57.5 Å². The number of aliphatic hydroxyl groups is 1. The Kier molecular flexibility index (Phi) is 5.76. The lowest BCUT2D eigenvalue weighted by Crippen LogP contribution is -2.51. The van der Waals surface area contributed by atoms with Gasteiger partial charge >= 0.3 is 5.97 Å². The van der Waals surface area contributed by atoms with Crippen molar-refractivity contribution in [3.05, 3.63) is 17.5 Å². The molecule has 1 N–H and O–H groups in total. The molecule has 1 aromatic rings. The van der Waals surface area contributed by atoms with Crippen molar-refractivity contribution in [2.45, 2.75) is 58.2 Å². The van der Waals surface area contributed by atoms with Crippen molar-refractivity contribution in [2.24, 2.45) is 0 Å². The fraction of sp³-hybridized carbons (Fsp3) is 0.688. The second-order valence-electron chi connectivity index (χ2n) is 6.06. The minimum absolute atomic E-state index is 0.0752. The minimum atomic E-state index is -0.676. The Bertz CT molecular complexity index is 570. The Morgan fingerprint density at radius 3 is 2.78 bits per heavy atom. The molecule has 2 heterocycles. The Hall–Kier alpha value is -1.89. The Morgan fingerprint density at radius 1 is 1.43 bits per heavy atom. The van der Waals surface area contributed by atoms with Gasteiger partial charge in [0.1, 0.15) is 6.04 Å². The molecule has 1 aliphatic rings. The number of aromatic nitrogens is 2. The van der Waals surface area contributed by atoms with Gasteiger partial charge in [-0.15, -0.1) is 0 Å². The predicted molar refractivity (Wildman–Crippen MR) is 83.7 cm³/mol. The van der Waals surface area contributed by atoms with Crippen LogP contribution in [0.25, 0.3) is 0 Å². The van der Waals surface area contributed by atoms with E-state index in [4.69, 9.17) is 4.74 Å². The highest BCUT2D eigenvalue weighted by molar-refractivity contribution is 5.84. The molecular formula is C16H25N3O4. The zero-order valence-electron chi connectivity index (χ0n) is 14.0. The summed E-state index contributed by atoms with van der Waals surface area (Å²) in [5.74, 6) is -0.538. The number of hydrogen-bond acceptors (Lipinski definition) is 5. The first kappa shape index (κ1) is 17.5. The summed E-state index contributed by atoms with van der Waals surface area (Å²) in [6, 6.07) is 1.33. The van der Waals surface area contributed by atoms with Crippen molar-refractivity contribution >= 4 is 11.9 Å². The molecule has 2 rings (SSSR count). The van der Waals surface area contributed by atoms with Gasteiger partial charge in [-0.1, -0.05) is 0 Å². The average molecular weight is 323 g/mol. The van der Waals surface area contributed by atoms with E-state index in [1.54, 1.807) is 4.90 Å². The minimum Gasteiger partial charge on any atom is -0.467 e. The van der Waals surface area contributed by atoms with Gasteiger partial charge in [-0.25, -0.2) is 4.79 Å². The molecule has 1 aromatic heterocycles. The summed E-state index contributed by atoms with van der Waals surface area (Å²) in [7, 11) is 1.30. The maximum absolute atomic E-state index is 12.4. The van der Waals surface area contributed by atoms with E-state index in [2.05, 4.69) is 5.10 Å². The lowest BCUT2D eigenvalue weighted by Gasteiger charge is -2.36. The number of ether oxygens (including phenoxy) is 1. The van der Waals surface area contributed by atoms with Gasteiger partial charge in [-0.2, -0.15) is 5.10 Å². The maximum Gasteiger partial charge on any atom is 0.328 e. The quantitative estimate of drug-likeness (QED) is 0.811. The van der Waals surface area contributed by atoms with Crippen molar-refractivity contribution in [3.63, 3.8) is 0 Å². The van der Waals surface area contributed by atoms with Crippen molar-refractivity contribution in [1.29, 1.82) is 0 Å². The number of likely N-dealkylation sites (tertiary alicyclic amines) is 1. The van der Waals surface area contributed by atoms with E-state index in [1.165, 1.54) is 7.11 Å². The van der Waals surface area contributed by atoms with Crippen LogP contribution in [0.3, 0.4) is 0 Å². The zero-order valence-corrected chi connectivity index (χ0v) is 14.0. The summed E-state index contributed by atoms with van der Waals surface area (Å²) in [5.41, 5.74) is 2.04. The molecule has 0 aromatic carbocycles. The van der Waals surface area contributed by atoms with Crippen LogP contribution in [-0.2, 0) is 20.9 Å². The van der Waals surface area contributed by atoms with E-state index in [0.29, 0.717) is 32.4 Å². The first-order valence-corrected chi connectivity index (χ1v) is 7.98. The lowest BCUT2D eigenvalue weighted by molar-refractivity contribution is -0.157. The Labute approximate surface area is 136 Å². The molecule has 0 saturated carbocycles. The zero-order chi connectivity index (χ0) is 17.0. The fourth-order valence-corrected chi connectivity index (χ4v) is 3.03. The van der Waals surface area contributed by atoms with Gasteiger partial charge in [0.15, 0.2) is 0 Å². The number of aryl methyl sites for hydroxylation is 3. The highest BCUT2D eigenvalue weighted by Crippen LogP contribution is 2.20. The molecule has 1 aliphatic heterocycles. The van der Waals surface area contributed by atoms with Crippen LogP contribution in [0.15, 0.2) is 6.07 Å². The van der Waals surface area contributed by atoms with Gasteiger partial charge in [-0.05, 0) is 32.8 Å². The van der Waals surface area contributed by atoms with E-state index in [9.17, 15) is 14.7 Å². The molecule has 1 amide bonds. The van der Waals surface area contributed by atoms with Crippen molar-refractivity contribution in [3.8, 4) is 0 Å². The number of carbonyl (C=O) groups is 2. The first-order chi connectivity index (χ1) is 10.9. The summed E-state index contributed by atoms with van der Waals surface area (Å²) in [4.78, 5) is 25.8. The van der Waals surface area contributed by atoms with E-state index >= 15 is 0 Å². The topological polar surface area (TPSA) is 84.7 Å². The summed E-state index contributed by atoms with van der Waals surface area (Å²) >= 11 is 0. The van der Waals surface area contributed by atoms with Gasteiger partial charge in [0, 0.05) is 31.6 Å². The Morgan fingerprint density at radius 2 is 2.17 bits per heavy atom. The molecule has 0 unspecified atom stereocenters. The van der Waals surface area contributed by atoms with E-state index in [0.717, 1.165) is 11.4 Å². The number of nitrogens with zero attached hydrogens (tertiary/aromatic N) is 3. The monoisotopic (exact) mass is 323 g/mol. The molecule has 0 bridgehead atoms. The molecule has 0 spiro atoms. The molecule has 1 fully saturated rings. The molecular weight excluding hydrogens is 298 g/mol. The van der Waals surface area contributed by atoms with Gasteiger partial charge in [0.25, 0.3) is 0 Å². The van der Waals surface area contributed by atoms with Crippen molar-refractivity contribution in [1.82, 2.24) is 14.7 Å². The molecule has 2 atom stereocenters. The first-order valence-electron chi connectivity index (χ1n) is 7.98. The van der Waals surface area contributed by atoms with Gasteiger partial charge in [0.2, 0.25) is 5.91 Å². The molecule has 0 aliphatic carbocycles. The normalized spacial score (nSPS) is 21.3. The number of piperidine rings is 1. The van der Waals surface area contributed by atoms with Crippen LogP contribution in [0.5, 0.6) is 0 Å². The third-order valence-electron chi connectivity index (χ3n) is 4.23. The average Bonchev–Trinajstić information content (AvgIpc) is 2.84. The highest BCUT2D eigenvalue weighted by atomic mass is 16.5. The number of carbonyl (C=O) groups excluding carboxylic acids is 2. The Balaban J connectivity index is 1.90. The third kappa shape index (κ3) is 4.31. The maximum atomic E-state index is 12.4. The smallest absolute Gasteiger partial charge is 0.328 e. The van der Waals surface area contributed by atoms with Crippen LogP contribution >= 0.6 is 0 Å². The number of hydrogen-bond donors (Lipinski definition) is 1. The SMILES string of the molecule is COC(=O)[C@H]1C[C@@H](O)CCN1C(=O)CCCn1nc(C)cc1C. The lowest BCUT2D eigenvalue weighted by atomic mass is 9.99. The molecule has 0 radical (unpaired) electrons. The number of methoxy groups -OCH3 is 1. The molecule has 7 heteroatoms. The number of rotatable bonds is 5. The van der Waals surface area contributed by atoms with E-state index < -0.39 is 18.1 Å². The summed E-state index contributed by atoms with van der Waals surface area (Å²) < 4.78 is 6.64.